The van der Waals surface area contributed by atoms with Gasteiger partial charge in [-0.3, -0.25) is 0 Å². The van der Waals surface area contributed by atoms with Gasteiger partial charge in [0.25, 0.3) is 0 Å². The van der Waals surface area contributed by atoms with Gasteiger partial charge in [-0.15, -0.1) is 0 Å². The zero-order valence-corrected chi connectivity index (χ0v) is 10.9. The van der Waals surface area contributed by atoms with Gasteiger partial charge in [-0.05, 0) is 62.5 Å². The van der Waals surface area contributed by atoms with Crippen LogP contribution in [0.2, 0.25) is 0 Å². The highest BCUT2D eigenvalue weighted by molar-refractivity contribution is 9.13. The van der Waals surface area contributed by atoms with Crippen LogP contribution < -0.4 is 5.32 Å². The van der Waals surface area contributed by atoms with Crippen LogP contribution in [0.3, 0.4) is 0 Å². The number of hydrogen-bond acceptors (Lipinski definition) is 1. The Kier molecular flexibility index (Phi) is 4.42. The molecular formula is C10H13Br2N. The molecule has 1 aromatic rings. The largest absolute Gasteiger partial charge is 0.319 e. The fraction of sp³-hybridized carbons (Fsp3) is 0.400. The molecule has 0 fully saturated rings. The summed E-state index contributed by atoms with van der Waals surface area (Å²) in [5, 5.41) is 3.17. The van der Waals surface area contributed by atoms with Gasteiger partial charge in [0.2, 0.25) is 0 Å². The molecule has 1 rings (SSSR count). The molecule has 1 aromatic carbocycles. The predicted molar refractivity (Wildman–Crippen MR) is 64.2 cm³/mol. The molecule has 1 N–H and O–H groups in total. The van der Waals surface area contributed by atoms with E-state index >= 15 is 0 Å². The van der Waals surface area contributed by atoms with Gasteiger partial charge in [-0.2, -0.15) is 0 Å². The van der Waals surface area contributed by atoms with E-state index < -0.39 is 0 Å². The van der Waals surface area contributed by atoms with E-state index in [0.29, 0.717) is 5.92 Å². The Hall–Kier alpha value is 0.140. The molecule has 13 heavy (non-hydrogen) atoms. The molecule has 0 saturated heterocycles. The summed E-state index contributed by atoms with van der Waals surface area (Å²) in [4.78, 5) is 0. The zero-order chi connectivity index (χ0) is 9.84. The first-order chi connectivity index (χ1) is 6.15. The Morgan fingerprint density at radius 2 is 2.00 bits per heavy atom. The van der Waals surface area contributed by atoms with Crippen LogP contribution in [0.15, 0.2) is 27.1 Å². The lowest BCUT2D eigenvalue weighted by Gasteiger charge is -2.11. The molecule has 72 valence electrons. The zero-order valence-electron chi connectivity index (χ0n) is 7.77. The minimum Gasteiger partial charge on any atom is -0.319 e. The van der Waals surface area contributed by atoms with Crippen molar-refractivity contribution in [2.45, 2.75) is 12.8 Å². The van der Waals surface area contributed by atoms with Crippen molar-refractivity contribution < 1.29 is 0 Å². The summed E-state index contributed by atoms with van der Waals surface area (Å²) < 4.78 is 2.22. The normalized spacial score (nSPS) is 12.9. The first-order valence-electron chi connectivity index (χ1n) is 4.24. The predicted octanol–water partition coefficient (Wildman–Crippen LogP) is 3.53. The molecule has 0 aliphatic rings. The molecule has 1 nitrogen and oxygen atoms in total. The van der Waals surface area contributed by atoms with Gasteiger partial charge in [0.15, 0.2) is 0 Å². The third kappa shape index (κ3) is 3.08. The maximum absolute atomic E-state index is 3.50. The summed E-state index contributed by atoms with van der Waals surface area (Å²) in [7, 11) is 1.98. The standard InChI is InChI=1S/C10H13Br2N/c1-7(6-13-2)8-3-4-9(11)10(12)5-8/h3-5,7,13H,6H2,1-2H3. The molecule has 0 heterocycles. The topological polar surface area (TPSA) is 12.0 Å². The van der Waals surface area contributed by atoms with Gasteiger partial charge in [-0.1, -0.05) is 13.0 Å². The Bertz CT molecular complexity index is 286. The number of benzene rings is 1. The Balaban J connectivity index is 2.84. The van der Waals surface area contributed by atoms with Gasteiger partial charge < -0.3 is 5.32 Å². The maximum Gasteiger partial charge on any atom is 0.0320 e. The van der Waals surface area contributed by atoms with Gasteiger partial charge in [0, 0.05) is 15.5 Å². The van der Waals surface area contributed by atoms with Gasteiger partial charge in [-0.25, -0.2) is 0 Å². The van der Waals surface area contributed by atoms with Crippen molar-refractivity contribution >= 4 is 31.9 Å². The molecule has 0 radical (unpaired) electrons. The van der Waals surface area contributed by atoms with Crippen LogP contribution in [0.25, 0.3) is 0 Å². The molecule has 3 heteroatoms. The summed E-state index contributed by atoms with van der Waals surface area (Å²) in [5.74, 6) is 0.550. The lowest BCUT2D eigenvalue weighted by atomic mass is 10.0. The summed E-state index contributed by atoms with van der Waals surface area (Å²) in [6.07, 6.45) is 0. The molecule has 0 aliphatic carbocycles. The van der Waals surface area contributed by atoms with Crippen molar-refractivity contribution in [3.05, 3.63) is 32.7 Å². The van der Waals surface area contributed by atoms with E-state index in [0.717, 1.165) is 15.5 Å². The summed E-state index contributed by atoms with van der Waals surface area (Å²) in [6, 6.07) is 6.38. The van der Waals surface area contributed by atoms with Crippen LogP contribution in [0.1, 0.15) is 18.4 Å². The van der Waals surface area contributed by atoms with E-state index in [4.69, 9.17) is 0 Å². The molecule has 0 aliphatic heterocycles. The second kappa shape index (κ2) is 5.13. The molecule has 0 saturated carbocycles. The Morgan fingerprint density at radius 1 is 1.31 bits per heavy atom. The average Bonchev–Trinajstić information content (AvgIpc) is 2.10. The van der Waals surface area contributed by atoms with Crippen LogP contribution in [0.5, 0.6) is 0 Å². The van der Waals surface area contributed by atoms with Crippen LogP contribution >= 0.6 is 31.9 Å². The quantitative estimate of drug-likeness (QED) is 0.901. The third-order valence-corrected chi connectivity index (χ3v) is 3.90. The van der Waals surface area contributed by atoms with Crippen LogP contribution in [0, 0.1) is 0 Å². The second-order valence-electron chi connectivity index (χ2n) is 3.13. The fourth-order valence-electron chi connectivity index (χ4n) is 1.24. The first kappa shape index (κ1) is 11.2. The number of rotatable bonds is 3. The van der Waals surface area contributed by atoms with Gasteiger partial charge in [0.1, 0.15) is 0 Å². The molecule has 1 atom stereocenters. The van der Waals surface area contributed by atoms with Crippen LogP contribution in [-0.2, 0) is 0 Å². The SMILES string of the molecule is CNCC(C)c1ccc(Br)c(Br)c1. The van der Waals surface area contributed by atoms with Crippen molar-refractivity contribution in [2.24, 2.45) is 0 Å². The minimum atomic E-state index is 0.550. The van der Waals surface area contributed by atoms with E-state index in [9.17, 15) is 0 Å². The Morgan fingerprint density at radius 3 is 2.54 bits per heavy atom. The average molecular weight is 307 g/mol. The van der Waals surface area contributed by atoms with E-state index in [1.54, 1.807) is 0 Å². The minimum absolute atomic E-state index is 0.550. The highest BCUT2D eigenvalue weighted by Crippen LogP contribution is 2.26. The number of likely N-dealkylation sites (N-methyl/N-ethyl adjacent to an activating group) is 1. The van der Waals surface area contributed by atoms with E-state index in [-0.39, 0.29) is 0 Å². The highest BCUT2D eigenvalue weighted by Gasteiger charge is 2.05. The van der Waals surface area contributed by atoms with Crippen molar-refractivity contribution in [3.8, 4) is 0 Å². The molecule has 0 bridgehead atoms. The van der Waals surface area contributed by atoms with Crippen molar-refractivity contribution in [1.29, 1.82) is 0 Å². The molecule has 0 amide bonds. The molecule has 0 aromatic heterocycles. The van der Waals surface area contributed by atoms with Gasteiger partial charge in [0.05, 0.1) is 0 Å². The highest BCUT2D eigenvalue weighted by atomic mass is 79.9. The van der Waals surface area contributed by atoms with E-state index in [1.165, 1.54) is 5.56 Å². The smallest absolute Gasteiger partial charge is 0.0320 e. The van der Waals surface area contributed by atoms with Crippen molar-refractivity contribution in [1.82, 2.24) is 5.32 Å². The summed E-state index contributed by atoms with van der Waals surface area (Å²) >= 11 is 6.95. The summed E-state index contributed by atoms with van der Waals surface area (Å²) in [5.41, 5.74) is 1.35. The summed E-state index contributed by atoms with van der Waals surface area (Å²) in [6.45, 7) is 3.22. The number of hydrogen-bond donors (Lipinski definition) is 1. The lowest BCUT2D eigenvalue weighted by molar-refractivity contribution is 0.677. The monoisotopic (exact) mass is 305 g/mol. The molecular weight excluding hydrogens is 294 g/mol. The van der Waals surface area contributed by atoms with Crippen molar-refractivity contribution in [2.75, 3.05) is 13.6 Å². The number of halogens is 2. The van der Waals surface area contributed by atoms with E-state index in [1.807, 2.05) is 7.05 Å². The first-order valence-corrected chi connectivity index (χ1v) is 5.83. The second-order valence-corrected chi connectivity index (χ2v) is 4.84. The number of nitrogens with one attached hydrogen (secondary N) is 1. The van der Waals surface area contributed by atoms with Gasteiger partial charge >= 0.3 is 0 Å². The maximum atomic E-state index is 3.50. The fourth-order valence-corrected chi connectivity index (χ4v) is 1.89. The van der Waals surface area contributed by atoms with Crippen molar-refractivity contribution in [3.63, 3.8) is 0 Å². The Labute approximate surface area is 96.2 Å². The molecule has 0 spiro atoms. The third-order valence-electron chi connectivity index (χ3n) is 2.02. The van der Waals surface area contributed by atoms with Crippen LogP contribution in [-0.4, -0.2) is 13.6 Å². The van der Waals surface area contributed by atoms with Crippen LogP contribution in [0.4, 0.5) is 0 Å². The van der Waals surface area contributed by atoms with E-state index in [2.05, 4.69) is 62.3 Å². The lowest BCUT2D eigenvalue weighted by Crippen LogP contribution is -2.14. The molecule has 1 unspecified atom stereocenters.